The first-order chi connectivity index (χ1) is 9.31. The second-order valence-electron chi connectivity index (χ2n) is 4.85. The minimum atomic E-state index is -4.60. The molecule has 3 N–H and O–H groups in total. The van der Waals surface area contributed by atoms with Crippen LogP contribution in [0.3, 0.4) is 0 Å². The molecule has 2 rings (SSSR count). The zero-order valence-electron chi connectivity index (χ0n) is 11.3. The normalized spacial score (nSPS) is 21.1. The van der Waals surface area contributed by atoms with Crippen LogP contribution in [0.4, 0.5) is 24.8 Å². The van der Waals surface area contributed by atoms with Gasteiger partial charge >= 0.3 is 6.18 Å². The van der Waals surface area contributed by atoms with Gasteiger partial charge in [0.05, 0.1) is 0 Å². The van der Waals surface area contributed by atoms with Crippen molar-refractivity contribution in [1.29, 1.82) is 0 Å². The molecule has 1 aromatic heterocycles. The first kappa shape index (κ1) is 14.8. The van der Waals surface area contributed by atoms with E-state index in [4.69, 9.17) is 5.84 Å². The predicted octanol–water partition coefficient (Wildman–Crippen LogP) is 0.921. The molecule has 6 nitrogen and oxygen atoms in total. The van der Waals surface area contributed by atoms with Gasteiger partial charge < -0.3 is 15.2 Å². The van der Waals surface area contributed by atoms with Gasteiger partial charge in [-0.1, -0.05) is 0 Å². The second-order valence-corrected chi connectivity index (χ2v) is 4.85. The molecule has 112 valence electrons. The van der Waals surface area contributed by atoms with E-state index in [-0.39, 0.29) is 17.7 Å². The minimum Gasteiger partial charge on any atom is -0.354 e. The zero-order valence-corrected chi connectivity index (χ0v) is 11.3. The number of rotatable bonds is 2. The lowest BCUT2D eigenvalue weighted by Gasteiger charge is -2.38. The molecular weight excluding hydrogens is 273 g/mol. The Bertz CT molecular complexity index is 478. The maximum atomic E-state index is 12.8. The van der Waals surface area contributed by atoms with E-state index in [0.717, 1.165) is 6.54 Å². The van der Waals surface area contributed by atoms with Crippen molar-refractivity contribution in [1.82, 2.24) is 14.9 Å². The van der Waals surface area contributed by atoms with Crippen LogP contribution < -0.4 is 16.2 Å². The van der Waals surface area contributed by atoms with Crippen molar-refractivity contribution >= 4 is 11.6 Å². The molecule has 0 radical (unpaired) electrons. The van der Waals surface area contributed by atoms with Crippen molar-refractivity contribution < 1.29 is 13.2 Å². The molecule has 0 spiro atoms. The van der Waals surface area contributed by atoms with Gasteiger partial charge in [-0.3, -0.25) is 0 Å². The third kappa shape index (κ3) is 3.10. The maximum Gasteiger partial charge on any atom is 0.451 e. The average Bonchev–Trinajstić information content (AvgIpc) is 2.40. The van der Waals surface area contributed by atoms with Crippen molar-refractivity contribution in [2.45, 2.75) is 19.1 Å². The zero-order chi connectivity index (χ0) is 14.9. The van der Waals surface area contributed by atoms with Gasteiger partial charge in [-0.25, -0.2) is 15.8 Å². The highest BCUT2D eigenvalue weighted by Gasteiger charge is 2.36. The molecular formula is C11H17F3N6. The summed E-state index contributed by atoms with van der Waals surface area (Å²) in [5, 5.41) is 0. The van der Waals surface area contributed by atoms with Crippen molar-refractivity contribution in [3.05, 3.63) is 11.9 Å². The van der Waals surface area contributed by atoms with Gasteiger partial charge in [-0.2, -0.15) is 13.2 Å². The Hall–Kier alpha value is -1.61. The first-order valence-electron chi connectivity index (χ1n) is 6.19. The van der Waals surface area contributed by atoms with Crippen molar-refractivity contribution in [2.75, 3.05) is 37.0 Å². The summed E-state index contributed by atoms with van der Waals surface area (Å²) in [5.74, 6) is 4.18. The smallest absolute Gasteiger partial charge is 0.354 e. The summed E-state index contributed by atoms with van der Waals surface area (Å²) in [6.07, 6.45) is -4.60. The summed E-state index contributed by atoms with van der Waals surface area (Å²) in [7, 11) is 1.98. The first-order valence-corrected chi connectivity index (χ1v) is 6.19. The number of nitrogen functional groups attached to an aromatic ring is 1. The summed E-state index contributed by atoms with van der Waals surface area (Å²) in [6, 6.07) is 1.66. The topological polar surface area (TPSA) is 70.3 Å². The van der Waals surface area contributed by atoms with Gasteiger partial charge in [0.1, 0.15) is 11.6 Å². The standard InChI is InChI=1S/C11H17F3N6/c1-7-6-20(4-3-19(7)2)9-5-8(18-15)16-10(17-9)11(12,13)14/h5,7H,3-4,6,15H2,1-2H3,(H,16,17,18). The van der Waals surface area contributed by atoms with E-state index in [1.165, 1.54) is 6.07 Å². The molecule has 9 heteroatoms. The van der Waals surface area contributed by atoms with Crippen LogP contribution in [0.15, 0.2) is 6.07 Å². The molecule has 1 aromatic rings. The fourth-order valence-corrected chi connectivity index (χ4v) is 2.05. The summed E-state index contributed by atoms with van der Waals surface area (Å²) in [6.45, 7) is 3.99. The van der Waals surface area contributed by atoms with Crippen molar-refractivity contribution in [3.8, 4) is 0 Å². The van der Waals surface area contributed by atoms with Crippen LogP contribution in [-0.4, -0.2) is 47.6 Å². The van der Waals surface area contributed by atoms with E-state index in [1.54, 1.807) is 0 Å². The van der Waals surface area contributed by atoms with E-state index < -0.39 is 12.0 Å². The van der Waals surface area contributed by atoms with E-state index >= 15 is 0 Å². The molecule has 0 aliphatic carbocycles. The Morgan fingerprint density at radius 2 is 2.05 bits per heavy atom. The lowest BCUT2D eigenvalue weighted by Crippen LogP contribution is -2.50. The highest BCUT2D eigenvalue weighted by molar-refractivity contribution is 5.49. The number of nitrogens with two attached hydrogens (primary N) is 1. The molecule has 1 aliphatic rings. The number of hydrazine groups is 1. The number of piperazine rings is 1. The number of nitrogens with zero attached hydrogens (tertiary/aromatic N) is 4. The molecule has 20 heavy (non-hydrogen) atoms. The number of nitrogens with one attached hydrogen (secondary N) is 1. The van der Waals surface area contributed by atoms with E-state index in [0.29, 0.717) is 13.1 Å². The third-order valence-electron chi connectivity index (χ3n) is 3.40. The number of likely N-dealkylation sites (N-methyl/N-ethyl adjacent to an activating group) is 1. The van der Waals surface area contributed by atoms with Crippen LogP contribution in [0.1, 0.15) is 12.7 Å². The molecule has 2 heterocycles. The molecule has 0 saturated carbocycles. The molecule has 0 amide bonds. The van der Waals surface area contributed by atoms with Crippen LogP contribution in [0, 0.1) is 0 Å². The average molecular weight is 290 g/mol. The van der Waals surface area contributed by atoms with E-state index in [2.05, 4.69) is 20.3 Å². The van der Waals surface area contributed by atoms with Gasteiger partial charge in [0, 0.05) is 31.7 Å². The highest BCUT2D eigenvalue weighted by Crippen LogP contribution is 2.29. The van der Waals surface area contributed by atoms with Crippen LogP contribution in [0.25, 0.3) is 0 Å². The lowest BCUT2D eigenvalue weighted by atomic mass is 10.2. The van der Waals surface area contributed by atoms with Gasteiger partial charge in [-0.05, 0) is 14.0 Å². The Balaban J connectivity index is 2.31. The second kappa shape index (κ2) is 5.41. The van der Waals surface area contributed by atoms with Crippen LogP contribution in [0.2, 0.25) is 0 Å². The van der Waals surface area contributed by atoms with Crippen LogP contribution in [0.5, 0.6) is 0 Å². The number of alkyl halides is 3. The monoisotopic (exact) mass is 290 g/mol. The quantitative estimate of drug-likeness (QED) is 0.623. The Kier molecular flexibility index (Phi) is 4.00. The SMILES string of the molecule is CC1CN(c2cc(NN)nc(C(F)(F)F)n2)CCN1C. The molecule has 0 bridgehead atoms. The van der Waals surface area contributed by atoms with Crippen molar-refractivity contribution in [3.63, 3.8) is 0 Å². The molecule has 1 atom stereocenters. The Labute approximate surface area is 114 Å². The number of hydrogen-bond donors (Lipinski definition) is 2. The maximum absolute atomic E-state index is 12.8. The molecule has 1 saturated heterocycles. The highest BCUT2D eigenvalue weighted by atomic mass is 19.4. The third-order valence-corrected chi connectivity index (χ3v) is 3.40. The summed E-state index contributed by atoms with van der Waals surface area (Å²) < 4.78 is 38.3. The molecule has 0 aromatic carbocycles. The van der Waals surface area contributed by atoms with Gasteiger partial charge in [0.15, 0.2) is 0 Å². The summed E-state index contributed by atoms with van der Waals surface area (Å²) in [5.41, 5.74) is 2.15. The van der Waals surface area contributed by atoms with Crippen LogP contribution in [-0.2, 0) is 6.18 Å². The minimum absolute atomic E-state index is 0.0473. The van der Waals surface area contributed by atoms with Crippen molar-refractivity contribution in [2.24, 2.45) is 5.84 Å². The largest absolute Gasteiger partial charge is 0.451 e. The number of hydrogen-bond acceptors (Lipinski definition) is 6. The molecule has 1 unspecified atom stereocenters. The molecule has 1 fully saturated rings. The molecule has 1 aliphatic heterocycles. The lowest BCUT2D eigenvalue weighted by molar-refractivity contribution is -0.144. The summed E-state index contributed by atoms with van der Waals surface area (Å²) >= 11 is 0. The van der Waals surface area contributed by atoms with Gasteiger partial charge in [0.2, 0.25) is 5.82 Å². The Morgan fingerprint density at radius 1 is 1.35 bits per heavy atom. The fourth-order valence-electron chi connectivity index (χ4n) is 2.05. The van der Waals surface area contributed by atoms with Gasteiger partial charge in [-0.15, -0.1) is 0 Å². The number of aromatic nitrogens is 2. The predicted molar refractivity (Wildman–Crippen MR) is 69.1 cm³/mol. The number of anilines is 2. The Morgan fingerprint density at radius 3 is 2.60 bits per heavy atom. The van der Waals surface area contributed by atoms with E-state index in [9.17, 15) is 13.2 Å². The summed E-state index contributed by atoms with van der Waals surface area (Å²) in [4.78, 5) is 10.9. The van der Waals surface area contributed by atoms with Crippen LogP contribution >= 0.6 is 0 Å². The number of halogens is 3. The fraction of sp³-hybridized carbons (Fsp3) is 0.636. The van der Waals surface area contributed by atoms with Gasteiger partial charge in [0.25, 0.3) is 0 Å². The van der Waals surface area contributed by atoms with E-state index in [1.807, 2.05) is 18.9 Å².